The number of rotatable bonds is 6. The second-order valence-corrected chi connectivity index (χ2v) is 3.94. The van der Waals surface area contributed by atoms with Crippen LogP contribution in [0.3, 0.4) is 0 Å². The van der Waals surface area contributed by atoms with E-state index in [0.717, 1.165) is 5.56 Å². The highest BCUT2D eigenvalue weighted by Gasteiger charge is 2.24. The van der Waals surface area contributed by atoms with Crippen molar-refractivity contribution in [3.8, 4) is 0 Å². The van der Waals surface area contributed by atoms with Gasteiger partial charge in [0.2, 0.25) is 0 Å². The molecule has 3 heteroatoms. The van der Waals surface area contributed by atoms with Crippen molar-refractivity contribution < 1.29 is 14.3 Å². The van der Waals surface area contributed by atoms with Crippen molar-refractivity contribution in [2.45, 2.75) is 26.7 Å². The van der Waals surface area contributed by atoms with Gasteiger partial charge in [-0.15, -0.1) is 0 Å². The van der Waals surface area contributed by atoms with Crippen molar-refractivity contribution in [3.63, 3.8) is 0 Å². The van der Waals surface area contributed by atoms with Crippen molar-refractivity contribution in [1.82, 2.24) is 0 Å². The molecule has 0 aliphatic rings. The largest absolute Gasteiger partial charge is 0.465 e. The number of carbonyl (C=O) groups is 2. The number of esters is 1. The van der Waals surface area contributed by atoms with Gasteiger partial charge in [-0.1, -0.05) is 30.3 Å². The fourth-order valence-corrected chi connectivity index (χ4v) is 1.69. The van der Waals surface area contributed by atoms with Crippen LogP contribution in [0.4, 0.5) is 0 Å². The van der Waals surface area contributed by atoms with E-state index in [2.05, 4.69) is 0 Å². The molecule has 0 amide bonds. The highest BCUT2D eigenvalue weighted by Crippen LogP contribution is 2.12. The summed E-state index contributed by atoms with van der Waals surface area (Å²) in [4.78, 5) is 22.9. The third-order valence-corrected chi connectivity index (χ3v) is 2.63. The molecule has 17 heavy (non-hydrogen) atoms. The second kappa shape index (κ2) is 6.84. The SMILES string of the molecule is CCOC(=O)C(CCc1ccccc1)C(C)=O. The zero-order chi connectivity index (χ0) is 12.7. The molecule has 92 valence electrons. The summed E-state index contributed by atoms with van der Waals surface area (Å²) in [5, 5.41) is 0. The molecule has 0 aliphatic heterocycles. The lowest BCUT2D eigenvalue weighted by Crippen LogP contribution is -2.24. The molecular formula is C14H18O3. The van der Waals surface area contributed by atoms with E-state index in [-0.39, 0.29) is 5.78 Å². The smallest absolute Gasteiger partial charge is 0.316 e. The first kappa shape index (κ1) is 13.4. The van der Waals surface area contributed by atoms with E-state index in [4.69, 9.17) is 4.74 Å². The van der Waals surface area contributed by atoms with Gasteiger partial charge in [-0.3, -0.25) is 9.59 Å². The molecule has 1 rings (SSSR count). The molecule has 0 aliphatic carbocycles. The Morgan fingerprint density at radius 2 is 1.88 bits per heavy atom. The maximum absolute atomic E-state index is 11.6. The van der Waals surface area contributed by atoms with Crippen molar-refractivity contribution in [2.75, 3.05) is 6.61 Å². The molecule has 0 saturated carbocycles. The molecule has 0 aromatic heterocycles. The van der Waals surface area contributed by atoms with Crippen LogP contribution in [0.5, 0.6) is 0 Å². The summed E-state index contributed by atoms with van der Waals surface area (Å²) >= 11 is 0. The molecule has 1 unspecified atom stereocenters. The Kier molecular flexibility index (Phi) is 5.40. The predicted molar refractivity (Wildman–Crippen MR) is 65.6 cm³/mol. The van der Waals surface area contributed by atoms with Crippen LogP contribution < -0.4 is 0 Å². The quantitative estimate of drug-likeness (QED) is 0.560. The predicted octanol–water partition coefficient (Wildman–Crippen LogP) is 2.39. The molecule has 1 aromatic rings. The van der Waals surface area contributed by atoms with Crippen LogP contribution >= 0.6 is 0 Å². The number of Topliss-reactive ketones (excluding diaryl/α,β-unsaturated/α-hetero) is 1. The van der Waals surface area contributed by atoms with Crippen LogP contribution in [0.25, 0.3) is 0 Å². The highest BCUT2D eigenvalue weighted by atomic mass is 16.5. The Hall–Kier alpha value is -1.64. The Balaban J connectivity index is 2.56. The van der Waals surface area contributed by atoms with Gasteiger partial charge >= 0.3 is 5.97 Å². The lowest BCUT2D eigenvalue weighted by Gasteiger charge is -2.12. The normalized spacial score (nSPS) is 11.9. The number of hydrogen-bond acceptors (Lipinski definition) is 3. The summed E-state index contributed by atoms with van der Waals surface area (Å²) in [6, 6.07) is 9.81. The maximum atomic E-state index is 11.6. The van der Waals surface area contributed by atoms with Gasteiger partial charge in [0.1, 0.15) is 11.7 Å². The van der Waals surface area contributed by atoms with Crippen LogP contribution in [0.2, 0.25) is 0 Å². The third kappa shape index (κ3) is 4.39. The van der Waals surface area contributed by atoms with Gasteiger partial charge < -0.3 is 4.74 Å². The molecule has 0 radical (unpaired) electrons. The van der Waals surface area contributed by atoms with E-state index in [9.17, 15) is 9.59 Å². The number of ether oxygens (including phenoxy) is 1. The van der Waals surface area contributed by atoms with Crippen molar-refractivity contribution in [3.05, 3.63) is 35.9 Å². The Morgan fingerprint density at radius 1 is 1.24 bits per heavy atom. The molecule has 0 fully saturated rings. The van der Waals surface area contributed by atoms with Crippen LogP contribution in [0.1, 0.15) is 25.8 Å². The van der Waals surface area contributed by atoms with E-state index >= 15 is 0 Å². The van der Waals surface area contributed by atoms with Crippen molar-refractivity contribution in [1.29, 1.82) is 0 Å². The van der Waals surface area contributed by atoms with Gasteiger partial charge in [0.25, 0.3) is 0 Å². The first-order chi connectivity index (χ1) is 8.15. The van der Waals surface area contributed by atoms with Crippen LogP contribution in [-0.4, -0.2) is 18.4 Å². The minimum atomic E-state index is -0.629. The molecule has 3 nitrogen and oxygen atoms in total. The maximum Gasteiger partial charge on any atom is 0.316 e. The lowest BCUT2D eigenvalue weighted by molar-refractivity contribution is -0.151. The first-order valence-corrected chi connectivity index (χ1v) is 5.86. The number of ketones is 1. The summed E-state index contributed by atoms with van der Waals surface area (Å²) in [5.41, 5.74) is 1.13. The number of aryl methyl sites for hydroxylation is 1. The van der Waals surface area contributed by atoms with Gasteiger partial charge in [-0.05, 0) is 32.3 Å². The summed E-state index contributed by atoms with van der Waals surface area (Å²) < 4.78 is 4.89. The fraction of sp³-hybridized carbons (Fsp3) is 0.429. The standard InChI is InChI=1S/C14H18O3/c1-3-17-14(16)13(11(2)15)10-9-12-7-5-4-6-8-12/h4-8,13H,3,9-10H2,1-2H3. The molecule has 0 bridgehead atoms. The van der Waals surface area contributed by atoms with Crippen molar-refractivity contribution >= 4 is 11.8 Å². The average Bonchev–Trinajstić information content (AvgIpc) is 2.30. The van der Waals surface area contributed by atoms with Gasteiger partial charge in [0.15, 0.2) is 0 Å². The van der Waals surface area contributed by atoms with E-state index < -0.39 is 11.9 Å². The van der Waals surface area contributed by atoms with E-state index in [1.54, 1.807) is 6.92 Å². The second-order valence-electron chi connectivity index (χ2n) is 3.94. The average molecular weight is 234 g/mol. The van der Waals surface area contributed by atoms with Gasteiger partial charge in [0, 0.05) is 0 Å². The molecule has 1 atom stereocenters. The van der Waals surface area contributed by atoms with E-state index in [1.807, 2.05) is 30.3 Å². The van der Waals surface area contributed by atoms with Crippen LogP contribution in [0, 0.1) is 5.92 Å². The number of hydrogen-bond donors (Lipinski definition) is 0. The fourth-order valence-electron chi connectivity index (χ4n) is 1.69. The van der Waals surface area contributed by atoms with E-state index in [0.29, 0.717) is 19.4 Å². The molecule has 0 heterocycles. The summed E-state index contributed by atoms with van der Waals surface area (Å²) in [6.45, 7) is 3.49. The lowest BCUT2D eigenvalue weighted by atomic mass is 9.96. The molecule has 0 saturated heterocycles. The first-order valence-electron chi connectivity index (χ1n) is 5.86. The monoisotopic (exact) mass is 234 g/mol. The van der Waals surface area contributed by atoms with Crippen LogP contribution in [0.15, 0.2) is 30.3 Å². The minimum absolute atomic E-state index is 0.126. The molecule has 0 spiro atoms. The summed E-state index contributed by atoms with van der Waals surface area (Å²) in [5.74, 6) is -1.16. The zero-order valence-electron chi connectivity index (χ0n) is 10.3. The summed E-state index contributed by atoms with van der Waals surface area (Å²) in [7, 11) is 0. The number of carbonyl (C=O) groups excluding carboxylic acids is 2. The highest BCUT2D eigenvalue weighted by molar-refractivity contribution is 5.97. The van der Waals surface area contributed by atoms with Gasteiger partial charge in [-0.25, -0.2) is 0 Å². The van der Waals surface area contributed by atoms with Crippen molar-refractivity contribution in [2.24, 2.45) is 5.92 Å². The topological polar surface area (TPSA) is 43.4 Å². The molecular weight excluding hydrogens is 216 g/mol. The van der Waals surface area contributed by atoms with Gasteiger partial charge in [-0.2, -0.15) is 0 Å². The Bertz CT molecular complexity index is 370. The third-order valence-electron chi connectivity index (χ3n) is 2.63. The van der Waals surface area contributed by atoms with Crippen LogP contribution in [-0.2, 0) is 20.7 Å². The Labute approximate surface area is 102 Å². The zero-order valence-corrected chi connectivity index (χ0v) is 10.3. The van der Waals surface area contributed by atoms with E-state index in [1.165, 1.54) is 6.92 Å². The minimum Gasteiger partial charge on any atom is -0.465 e. The summed E-state index contributed by atoms with van der Waals surface area (Å²) in [6.07, 6.45) is 1.22. The Morgan fingerprint density at radius 3 is 2.41 bits per heavy atom. The number of benzene rings is 1. The molecule has 0 N–H and O–H groups in total. The molecule has 1 aromatic carbocycles. The van der Waals surface area contributed by atoms with Gasteiger partial charge in [0.05, 0.1) is 6.61 Å².